The van der Waals surface area contributed by atoms with E-state index in [4.69, 9.17) is 10.5 Å². The van der Waals surface area contributed by atoms with Gasteiger partial charge in [0.25, 0.3) is 5.91 Å². The van der Waals surface area contributed by atoms with Crippen LogP contribution in [0.15, 0.2) is 24.3 Å². The molecule has 0 radical (unpaired) electrons. The van der Waals surface area contributed by atoms with E-state index in [9.17, 15) is 14.4 Å². The summed E-state index contributed by atoms with van der Waals surface area (Å²) in [5, 5.41) is 5.29. The van der Waals surface area contributed by atoms with Gasteiger partial charge in [0.2, 0.25) is 0 Å². The Hall–Kier alpha value is -2.77. The number of nitrogens with two attached hydrogens (primary N) is 1. The maximum Gasteiger partial charge on any atom is 0.407 e. The average Bonchev–Trinajstić information content (AvgIpc) is 3.43. The van der Waals surface area contributed by atoms with Crippen LogP contribution in [0, 0.1) is 5.92 Å². The molecule has 0 bridgehead atoms. The van der Waals surface area contributed by atoms with Gasteiger partial charge >= 0.3 is 12.1 Å². The predicted octanol–water partition coefficient (Wildman–Crippen LogP) is 2.23. The number of primary amides is 1. The lowest BCUT2D eigenvalue weighted by molar-refractivity contribution is 0.0491. The number of likely N-dealkylation sites (N-methyl/N-ethyl adjacent to an activating group) is 1. The third-order valence-corrected chi connectivity index (χ3v) is 4.51. The molecule has 0 unspecified atom stereocenters. The second-order valence-electron chi connectivity index (χ2n) is 8.12. The van der Waals surface area contributed by atoms with E-state index in [0.29, 0.717) is 24.6 Å². The summed E-state index contributed by atoms with van der Waals surface area (Å²) in [4.78, 5) is 37.3. The van der Waals surface area contributed by atoms with Crippen molar-refractivity contribution in [3.05, 3.63) is 35.4 Å². The Bertz CT molecular complexity index is 708. The van der Waals surface area contributed by atoms with Gasteiger partial charge in [-0.15, -0.1) is 0 Å². The number of carbonyl (C=O) groups excluding carboxylic acids is 3. The van der Waals surface area contributed by atoms with Crippen LogP contribution in [0.2, 0.25) is 0 Å². The first-order chi connectivity index (χ1) is 13.1. The van der Waals surface area contributed by atoms with Crippen molar-refractivity contribution in [1.82, 2.24) is 15.5 Å². The van der Waals surface area contributed by atoms with Crippen LogP contribution in [0.3, 0.4) is 0 Å². The van der Waals surface area contributed by atoms with Gasteiger partial charge in [-0.05, 0) is 57.2 Å². The molecule has 0 aliphatic heterocycles. The minimum atomic E-state index is -0.593. The van der Waals surface area contributed by atoms with Crippen LogP contribution in [0.1, 0.15) is 49.5 Å². The highest BCUT2D eigenvalue weighted by atomic mass is 16.6. The zero-order chi connectivity index (χ0) is 20.9. The molecule has 8 nitrogen and oxygen atoms in total. The summed E-state index contributed by atoms with van der Waals surface area (Å²) < 4.78 is 5.27. The van der Waals surface area contributed by atoms with Crippen molar-refractivity contribution in [2.45, 2.75) is 51.8 Å². The van der Waals surface area contributed by atoms with Crippen LogP contribution in [-0.4, -0.2) is 48.2 Å². The van der Waals surface area contributed by atoms with E-state index in [2.05, 4.69) is 10.6 Å². The fourth-order valence-corrected chi connectivity index (χ4v) is 2.91. The Morgan fingerprint density at radius 2 is 1.79 bits per heavy atom. The summed E-state index contributed by atoms with van der Waals surface area (Å²) in [6.07, 6.45) is 1.59. The second kappa shape index (κ2) is 8.95. The molecule has 8 heteroatoms. The Labute approximate surface area is 165 Å². The number of hydrogen-bond acceptors (Lipinski definition) is 4. The van der Waals surface area contributed by atoms with Crippen molar-refractivity contribution in [3.63, 3.8) is 0 Å². The van der Waals surface area contributed by atoms with Gasteiger partial charge in [-0.2, -0.15) is 0 Å². The van der Waals surface area contributed by atoms with Gasteiger partial charge in [0, 0.05) is 25.7 Å². The van der Waals surface area contributed by atoms with E-state index in [-0.39, 0.29) is 11.9 Å². The molecule has 0 heterocycles. The molecule has 0 aromatic heterocycles. The standard InChI is InChI=1S/C20H30N4O4/c1-20(2,3)28-19(27)23-12-16(14-9-10-14)24(4)17(25)15-7-5-13(6-8-15)11-22-18(21)26/h5-8,14,16H,9-12H2,1-4H3,(H,23,27)(H3,21,22,26)/t16-/m1/s1. The second-order valence-corrected chi connectivity index (χ2v) is 8.12. The molecule has 1 aliphatic rings. The maximum absolute atomic E-state index is 12.9. The number of carbonyl (C=O) groups is 3. The van der Waals surface area contributed by atoms with Crippen molar-refractivity contribution < 1.29 is 19.1 Å². The molecule has 1 aromatic rings. The summed E-state index contributed by atoms with van der Waals surface area (Å²) in [6, 6.07) is 6.33. The Morgan fingerprint density at radius 3 is 2.29 bits per heavy atom. The maximum atomic E-state index is 12.9. The first kappa shape index (κ1) is 21.5. The molecule has 1 fully saturated rings. The number of rotatable bonds is 7. The number of nitrogens with one attached hydrogen (secondary N) is 2. The van der Waals surface area contributed by atoms with Crippen LogP contribution >= 0.6 is 0 Å². The number of urea groups is 1. The van der Waals surface area contributed by atoms with Crippen LogP contribution in [-0.2, 0) is 11.3 Å². The zero-order valence-corrected chi connectivity index (χ0v) is 17.0. The fraction of sp³-hybridized carbons (Fsp3) is 0.550. The van der Waals surface area contributed by atoms with E-state index in [1.165, 1.54) is 0 Å². The average molecular weight is 390 g/mol. The summed E-state index contributed by atoms with van der Waals surface area (Å²) in [5.41, 5.74) is 5.90. The highest BCUT2D eigenvalue weighted by Crippen LogP contribution is 2.35. The molecule has 0 spiro atoms. The quantitative estimate of drug-likeness (QED) is 0.662. The third-order valence-electron chi connectivity index (χ3n) is 4.51. The van der Waals surface area contributed by atoms with Crippen LogP contribution < -0.4 is 16.4 Å². The number of benzene rings is 1. The van der Waals surface area contributed by atoms with Gasteiger partial charge in [-0.25, -0.2) is 9.59 Å². The lowest BCUT2D eigenvalue weighted by Crippen LogP contribution is -2.47. The molecular formula is C20H30N4O4. The van der Waals surface area contributed by atoms with Gasteiger partial charge < -0.3 is 26.0 Å². The van der Waals surface area contributed by atoms with E-state index >= 15 is 0 Å². The minimum absolute atomic E-state index is 0.0868. The molecular weight excluding hydrogens is 360 g/mol. The molecule has 154 valence electrons. The van der Waals surface area contributed by atoms with Crippen LogP contribution in [0.5, 0.6) is 0 Å². The lowest BCUT2D eigenvalue weighted by atomic mass is 10.1. The number of amides is 4. The van der Waals surface area contributed by atoms with Crippen molar-refractivity contribution >= 4 is 18.0 Å². The summed E-state index contributed by atoms with van der Waals surface area (Å²) in [5.74, 6) is 0.264. The molecule has 2 rings (SSSR count). The fourth-order valence-electron chi connectivity index (χ4n) is 2.91. The number of hydrogen-bond donors (Lipinski definition) is 3. The van der Waals surface area contributed by atoms with Crippen LogP contribution in [0.25, 0.3) is 0 Å². The van der Waals surface area contributed by atoms with E-state index in [1.807, 2.05) is 20.8 Å². The topological polar surface area (TPSA) is 114 Å². The lowest BCUT2D eigenvalue weighted by Gasteiger charge is -2.29. The highest BCUT2D eigenvalue weighted by molar-refractivity contribution is 5.94. The summed E-state index contributed by atoms with van der Waals surface area (Å²) in [6.45, 7) is 6.09. The Kier molecular flexibility index (Phi) is 6.88. The van der Waals surface area contributed by atoms with Gasteiger partial charge in [0.15, 0.2) is 0 Å². The summed E-state index contributed by atoms with van der Waals surface area (Å²) >= 11 is 0. The number of alkyl carbamates (subject to hydrolysis) is 1. The molecule has 0 saturated heterocycles. The molecule has 1 atom stereocenters. The number of ether oxygens (including phenoxy) is 1. The van der Waals surface area contributed by atoms with Gasteiger partial charge in [0.1, 0.15) is 5.60 Å². The zero-order valence-electron chi connectivity index (χ0n) is 17.0. The van der Waals surface area contributed by atoms with Crippen molar-refractivity contribution in [2.75, 3.05) is 13.6 Å². The molecule has 1 aliphatic carbocycles. The summed E-state index contributed by atoms with van der Waals surface area (Å²) in [7, 11) is 1.75. The minimum Gasteiger partial charge on any atom is -0.444 e. The monoisotopic (exact) mass is 390 g/mol. The smallest absolute Gasteiger partial charge is 0.407 e. The predicted molar refractivity (Wildman–Crippen MR) is 106 cm³/mol. The largest absolute Gasteiger partial charge is 0.444 e. The van der Waals surface area contributed by atoms with Crippen molar-refractivity contribution in [2.24, 2.45) is 11.7 Å². The van der Waals surface area contributed by atoms with E-state index < -0.39 is 17.7 Å². The van der Waals surface area contributed by atoms with E-state index in [1.54, 1.807) is 36.2 Å². The molecule has 4 amide bonds. The first-order valence-electron chi connectivity index (χ1n) is 9.43. The van der Waals surface area contributed by atoms with E-state index in [0.717, 1.165) is 18.4 Å². The van der Waals surface area contributed by atoms with Crippen molar-refractivity contribution in [3.8, 4) is 0 Å². The third kappa shape index (κ3) is 6.75. The molecule has 1 aromatic carbocycles. The Balaban J connectivity index is 1.96. The van der Waals surface area contributed by atoms with Gasteiger partial charge in [-0.3, -0.25) is 4.79 Å². The Morgan fingerprint density at radius 1 is 1.18 bits per heavy atom. The molecule has 28 heavy (non-hydrogen) atoms. The molecule has 1 saturated carbocycles. The van der Waals surface area contributed by atoms with Crippen molar-refractivity contribution in [1.29, 1.82) is 0 Å². The van der Waals surface area contributed by atoms with Crippen LogP contribution in [0.4, 0.5) is 9.59 Å². The first-order valence-corrected chi connectivity index (χ1v) is 9.43. The molecule has 4 N–H and O–H groups in total. The SMILES string of the molecule is CN(C(=O)c1ccc(CNC(N)=O)cc1)[C@H](CNC(=O)OC(C)(C)C)C1CC1. The number of nitrogens with zero attached hydrogens (tertiary/aromatic N) is 1. The van der Waals surface area contributed by atoms with Gasteiger partial charge in [0.05, 0.1) is 6.04 Å². The van der Waals surface area contributed by atoms with Gasteiger partial charge in [-0.1, -0.05) is 12.1 Å². The normalized spacial score (nSPS) is 14.7. The highest BCUT2D eigenvalue weighted by Gasteiger charge is 2.36.